The number of amides is 1. The fourth-order valence-electron chi connectivity index (χ4n) is 4.25. The van der Waals surface area contributed by atoms with Gasteiger partial charge in [0, 0.05) is 10.6 Å². The van der Waals surface area contributed by atoms with E-state index in [2.05, 4.69) is 4.98 Å². The van der Waals surface area contributed by atoms with Crippen molar-refractivity contribution in [3.05, 3.63) is 82.4 Å². The number of carbonyl (C=O) groups is 2. The Labute approximate surface area is 221 Å². The van der Waals surface area contributed by atoms with Crippen molar-refractivity contribution in [1.82, 2.24) is 4.98 Å². The van der Waals surface area contributed by atoms with Crippen molar-refractivity contribution in [3.63, 3.8) is 0 Å². The van der Waals surface area contributed by atoms with Crippen molar-refractivity contribution in [2.45, 2.75) is 6.04 Å². The molecule has 3 aromatic carbocycles. The third-order valence-corrected chi connectivity index (χ3v) is 7.35. The van der Waals surface area contributed by atoms with Gasteiger partial charge in [-0.1, -0.05) is 29.0 Å². The number of fused-ring (bicyclic) bond motifs is 1. The van der Waals surface area contributed by atoms with Gasteiger partial charge in [-0.3, -0.25) is 14.5 Å². The number of hydrogen-bond acceptors (Lipinski definition) is 8. The lowest BCUT2D eigenvalue weighted by molar-refractivity contribution is -0.132. The summed E-state index contributed by atoms with van der Waals surface area (Å²) in [5.74, 6) is -0.423. The second kappa shape index (κ2) is 9.76. The Balaban J connectivity index is 1.73. The first-order valence-corrected chi connectivity index (χ1v) is 12.3. The molecule has 0 saturated carbocycles. The number of rotatable bonds is 6. The smallest absolute Gasteiger partial charge is 0.301 e. The number of ketones is 1. The summed E-state index contributed by atoms with van der Waals surface area (Å²) in [7, 11) is 4.57. The van der Waals surface area contributed by atoms with Crippen molar-refractivity contribution < 1.29 is 28.9 Å². The quantitative estimate of drug-likeness (QED) is 0.194. The molecule has 0 radical (unpaired) electrons. The molecule has 8 nitrogen and oxygen atoms in total. The van der Waals surface area contributed by atoms with Gasteiger partial charge < -0.3 is 19.3 Å². The number of benzene rings is 3. The van der Waals surface area contributed by atoms with Crippen molar-refractivity contribution in [2.75, 3.05) is 26.2 Å². The van der Waals surface area contributed by atoms with Gasteiger partial charge in [-0.2, -0.15) is 0 Å². The monoisotopic (exact) mass is 536 g/mol. The van der Waals surface area contributed by atoms with Crippen LogP contribution in [0.15, 0.2) is 66.2 Å². The molecule has 37 heavy (non-hydrogen) atoms. The van der Waals surface area contributed by atoms with E-state index in [4.69, 9.17) is 25.8 Å². The Morgan fingerprint density at radius 2 is 1.68 bits per heavy atom. The van der Waals surface area contributed by atoms with E-state index in [0.29, 0.717) is 44.0 Å². The van der Waals surface area contributed by atoms with Crippen LogP contribution in [-0.2, 0) is 9.59 Å². The van der Waals surface area contributed by atoms with Gasteiger partial charge in [-0.15, -0.1) is 0 Å². The van der Waals surface area contributed by atoms with Crippen LogP contribution in [-0.4, -0.2) is 43.1 Å². The maximum absolute atomic E-state index is 13.5. The van der Waals surface area contributed by atoms with Gasteiger partial charge in [0.1, 0.15) is 11.5 Å². The largest absolute Gasteiger partial charge is 0.507 e. The summed E-state index contributed by atoms with van der Waals surface area (Å²) in [5, 5.41) is 12.1. The van der Waals surface area contributed by atoms with Crippen LogP contribution in [0, 0.1) is 0 Å². The lowest BCUT2D eigenvalue weighted by Gasteiger charge is -2.23. The Morgan fingerprint density at radius 1 is 0.946 bits per heavy atom. The number of thiazole rings is 1. The van der Waals surface area contributed by atoms with E-state index < -0.39 is 17.7 Å². The number of ether oxygens (including phenoxy) is 3. The highest BCUT2D eigenvalue weighted by molar-refractivity contribution is 7.22. The minimum atomic E-state index is -0.974. The first-order chi connectivity index (χ1) is 17.9. The summed E-state index contributed by atoms with van der Waals surface area (Å²) in [6.07, 6.45) is 0. The van der Waals surface area contributed by atoms with Crippen LogP contribution in [0.1, 0.15) is 17.2 Å². The van der Waals surface area contributed by atoms with Gasteiger partial charge in [0.15, 0.2) is 16.6 Å². The summed E-state index contributed by atoms with van der Waals surface area (Å²) >= 11 is 7.25. The molecule has 1 aromatic heterocycles. The highest BCUT2D eigenvalue weighted by atomic mass is 35.5. The van der Waals surface area contributed by atoms with Crippen LogP contribution in [0.3, 0.4) is 0 Å². The molecule has 0 unspecified atom stereocenters. The minimum Gasteiger partial charge on any atom is -0.507 e. The van der Waals surface area contributed by atoms with Crippen LogP contribution >= 0.6 is 22.9 Å². The zero-order valence-electron chi connectivity index (χ0n) is 20.0. The van der Waals surface area contributed by atoms with Crippen LogP contribution < -0.4 is 19.1 Å². The Hall–Kier alpha value is -4.08. The Morgan fingerprint density at radius 3 is 2.35 bits per heavy atom. The Bertz CT molecular complexity index is 1560. The number of methoxy groups -OCH3 is 3. The van der Waals surface area contributed by atoms with Crippen LogP contribution in [0.2, 0.25) is 5.02 Å². The zero-order valence-corrected chi connectivity index (χ0v) is 21.6. The SMILES string of the molecule is COc1ccc2nc(N3C(=O)C(=O)/C(=C(/O)c4ccc(Cl)cc4)[C@H]3c3ccc(OC)c(OC)c3)sc2c1. The molecule has 0 spiro atoms. The number of aliphatic hydroxyl groups excluding tert-OH is 1. The third-order valence-electron chi connectivity index (χ3n) is 6.08. The molecule has 2 heterocycles. The number of Topliss-reactive ketones (excluding diaryl/α,β-unsaturated/α-hetero) is 1. The van der Waals surface area contributed by atoms with Crippen molar-refractivity contribution in [3.8, 4) is 17.2 Å². The summed E-state index contributed by atoms with van der Waals surface area (Å²) in [6.45, 7) is 0. The normalized spacial score (nSPS) is 16.9. The molecule has 0 bridgehead atoms. The molecule has 1 N–H and O–H groups in total. The summed E-state index contributed by atoms with van der Waals surface area (Å²) in [4.78, 5) is 32.8. The van der Waals surface area contributed by atoms with Gasteiger partial charge in [-0.25, -0.2) is 4.98 Å². The number of aromatic nitrogens is 1. The van der Waals surface area contributed by atoms with Crippen molar-refractivity contribution in [2.24, 2.45) is 0 Å². The molecule has 188 valence electrons. The molecular formula is C27H21ClN2O6S. The lowest BCUT2D eigenvalue weighted by atomic mass is 9.95. The van der Waals surface area contributed by atoms with E-state index in [-0.39, 0.29) is 11.3 Å². The fraction of sp³-hybridized carbons (Fsp3) is 0.148. The maximum Gasteiger partial charge on any atom is 0.301 e. The van der Waals surface area contributed by atoms with E-state index in [0.717, 1.165) is 4.70 Å². The first-order valence-electron chi connectivity index (χ1n) is 11.1. The maximum atomic E-state index is 13.5. The Kier molecular flexibility index (Phi) is 6.49. The van der Waals surface area contributed by atoms with Crippen molar-refractivity contribution in [1.29, 1.82) is 0 Å². The van der Waals surface area contributed by atoms with Crippen molar-refractivity contribution >= 4 is 55.7 Å². The standard InChI is InChI=1S/C27H21ClN2O6S/c1-34-17-9-10-18-21(13-17)37-27(29-18)30-23(15-6-11-19(35-2)20(12-15)36-3)22(25(32)26(30)33)24(31)14-4-7-16(28)8-5-14/h4-13,23,31H,1-3H3/b24-22+/t23-/m1/s1. The topological polar surface area (TPSA) is 98.2 Å². The zero-order chi connectivity index (χ0) is 26.3. The summed E-state index contributed by atoms with van der Waals surface area (Å²) in [5.41, 5.74) is 1.45. The first kappa shape index (κ1) is 24.6. The molecule has 0 aliphatic carbocycles. The number of anilines is 1. The lowest BCUT2D eigenvalue weighted by Crippen LogP contribution is -2.29. The van der Waals surface area contributed by atoms with Gasteiger partial charge >= 0.3 is 5.91 Å². The minimum absolute atomic E-state index is 0.0728. The van der Waals surface area contributed by atoms with E-state index >= 15 is 0 Å². The molecule has 10 heteroatoms. The van der Waals surface area contributed by atoms with Gasteiger partial charge in [0.05, 0.1) is 43.2 Å². The summed E-state index contributed by atoms with van der Waals surface area (Å²) < 4.78 is 16.9. The van der Waals surface area contributed by atoms with Crippen LogP contribution in [0.25, 0.3) is 16.0 Å². The molecule has 1 aliphatic heterocycles. The van der Waals surface area contributed by atoms with Crippen LogP contribution in [0.5, 0.6) is 17.2 Å². The highest BCUT2D eigenvalue weighted by Gasteiger charge is 2.48. The molecule has 1 saturated heterocycles. The third kappa shape index (κ3) is 4.26. The molecular weight excluding hydrogens is 516 g/mol. The average molecular weight is 537 g/mol. The van der Waals surface area contributed by atoms with E-state index in [1.165, 1.54) is 30.5 Å². The molecule has 4 aromatic rings. The summed E-state index contributed by atoms with van der Waals surface area (Å²) in [6, 6.07) is 15.8. The van der Waals surface area contributed by atoms with Gasteiger partial charge in [-0.05, 0) is 60.2 Å². The molecule has 1 fully saturated rings. The van der Waals surface area contributed by atoms with Gasteiger partial charge in [0.25, 0.3) is 5.78 Å². The fourth-order valence-corrected chi connectivity index (χ4v) is 5.40. The van der Waals surface area contributed by atoms with Crippen LogP contribution in [0.4, 0.5) is 5.13 Å². The average Bonchev–Trinajstić information content (AvgIpc) is 3.45. The van der Waals surface area contributed by atoms with E-state index in [1.807, 2.05) is 6.07 Å². The predicted molar refractivity (Wildman–Crippen MR) is 142 cm³/mol. The molecule has 1 atom stereocenters. The van der Waals surface area contributed by atoms with E-state index in [1.54, 1.807) is 61.7 Å². The number of aliphatic hydroxyl groups is 1. The number of carbonyl (C=O) groups excluding carboxylic acids is 2. The second-order valence-electron chi connectivity index (χ2n) is 8.12. The number of hydrogen-bond donors (Lipinski definition) is 1. The number of halogens is 1. The van der Waals surface area contributed by atoms with E-state index in [9.17, 15) is 14.7 Å². The molecule has 5 rings (SSSR count). The molecule has 1 aliphatic rings. The second-order valence-corrected chi connectivity index (χ2v) is 9.57. The number of nitrogens with zero attached hydrogens (tertiary/aromatic N) is 2. The highest BCUT2D eigenvalue weighted by Crippen LogP contribution is 2.46. The molecule has 1 amide bonds. The van der Waals surface area contributed by atoms with Gasteiger partial charge in [0.2, 0.25) is 0 Å². The predicted octanol–water partition coefficient (Wildman–Crippen LogP) is 5.60.